The number of nitrogens with one attached hydrogen (secondary N) is 1. The lowest BCUT2D eigenvalue weighted by Crippen LogP contribution is -2.36. The summed E-state index contributed by atoms with van der Waals surface area (Å²) >= 11 is 0.881. The number of carboxylic acid groups (broad SMARTS) is 1. The van der Waals surface area contributed by atoms with Crippen molar-refractivity contribution in [1.29, 1.82) is 0 Å². The van der Waals surface area contributed by atoms with Crippen LogP contribution in [0.1, 0.15) is 10.4 Å². The van der Waals surface area contributed by atoms with Crippen LogP contribution in [0.5, 0.6) is 0 Å². The average Bonchev–Trinajstić information content (AvgIpc) is 3.07. The van der Waals surface area contributed by atoms with E-state index in [1.54, 1.807) is 12.1 Å². The van der Waals surface area contributed by atoms with Gasteiger partial charge >= 0.3 is 5.97 Å². The Labute approximate surface area is 143 Å². The predicted octanol–water partition coefficient (Wildman–Crippen LogP) is 2.08. The standard InChI is InChI=1S/C15H16N2O5S2/c18-15(19)11-9-14(23-10-11)24(20,21)16-12-3-1-2-4-13(12)17-5-7-22-8-6-17/h1-4,9-10,16H,5-8H2,(H,18,19). The zero-order chi connectivity index (χ0) is 17.2. The minimum atomic E-state index is -3.84. The van der Waals surface area contributed by atoms with E-state index in [4.69, 9.17) is 9.84 Å². The summed E-state index contributed by atoms with van der Waals surface area (Å²) in [5.74, 6) is -1.15. The van der Waals surface area contributed by atoms with E-state index in [0.717, 1.165) is 23.1 Å². The van der Waals surface area contributed by atoms with Crippen LogP contribution >= 0.6 is 11.3 Å². The molecule has 9 heteroatoms. The molecule has 2 N–H and O–H groups in total. The molecule has 1 saturated heterocycles. The highest BCUT2D eigenvalue weighted by Gasteiger charge is 2.22. The van der Waals surface area contributed by atoms with E-state index < -0.39 is 16.0 Å². The number of hydrogen-bond donors (Lipinski definition) is 2. The minimum Gasteiger partial charge on any atom is -0.478 e. The number of thiophene rings is 1. The summed E-state index contributed by atoms with van der Waals surface area (Å²) < 4.78 is 32.9. The van der Waals surface area contributed by atoms with Crippen LogP contribution in [-0.2, 0) is 14.8 Å². The topological polar surface area (TPSA) is 95.9 Å². The molecule has 7 nitrogen and oxygen atoms in total. The summed E-state index contributed by atoms with van der Waals surface area (Å²) in [5, 5.41) is 10.3. The van der Waals surface area contributed by atoms with E-state index in [-0.39, 0.29) is 9.77 Å². The lowest BCUT2D eigenvalue weighted by molar-refractivity contribution is 0.0697. The molecule has 1 aliphatic heterocycles. The Morgan fingerprint density at radius 3 is 2.62 bits per heavy atom. The van der Waals surface area contributed by atoms with E-state index in [1.165, 1.54) is 5.38 Å². The molecule has 2 aromatic rings. The zero-order valence-corrected chi connectivity index (χ0v) is 14.3. The molecule has 0 saturated carbocycles. The highest BCUT2D eigenvalue weighted by molar-refractivity contribution is 7.94. The van der Waals surface area contributed by atoms with Crippen LogP contribution in [0.2, 0.25) is 0 Å². The summed E-state index contributed by atoms with van der Waals surface area (Å²) in [6, 6.07) is 8.29. The van der Waals surface area contributed by atoms with Gasteiger partial charge in [-0.3, -0.25) is 4.72 Å². The Balaban J connectivity index is 1.88. The number of carboxylic acids is 1. The first-order valence-electron chi connectivity index (χ1n) is 7.24. The normalized spacial score (nSPS) is 15.2. The number of rotatable bonds is 5. The Kier molecular flexibility index (Phi) is 4.74. The fourth-order valence-electron chi connectivity index (χ4n) is 2.40. The number of aromatic carboxylic acids is 1. The van der Waals surface area contributed by atoms with Gasteiger partial charge in [0.1, 0.15) is 4.21 Å². The third-order valence-corrected chi connectivity index (χ3v) is 6.39. The van der Waals surface area contributed by atoms with Gasteiger partial charge in [0.2, 0.25) is 0 Å². The van der Waals surface area contributed by atoms with Gasteiger partial charge < -0.3 is 14.7 Å². The third kappa shape index (κ3) is 3.53. The number of sulfonamides is 1. The van der Waals surface area contributed by atoms with Crippen molar-refractivity contribution in [1.82, 2.24) is 0 Å². The molecule has 0 bridgehead atoms. The van der Waals surface area contributed by atoms with E-state index in [1.807, 2.05) is 12.1 Å². The van der Waals surface area contributed by atoms with Gasteiger partial charge in [0.25, 0.3) is 10.0 Å². The molecule has 1 fully saturated rings. The van der Waals surface area contributed by atoms with Gasteiger partial charge in [0, 0.05) is 18.5 Å². The second kappa shape index (κ2) is 6.80. The van der Waals surface area contributed by atoms with Crippen molar-refractivity contribution >= 4 is 38.7 Å². The summed E-state index contributed by atoms with van der Waals surface area (Å²) in [6.07, 6.45) is 0. The molecular weight excluding hydrogens is 352 g/mol. The SMILES string of the molecule is O=C(O)c1csc(S(=O)(=O)Nc2ccccc2N2CCOCC2)c1. The zero-order valence-electron chi connectivity index (χ0n) is 12.6. The maximum Gasteiger partial charge on any atom is 0.336 e. The van der Waals surface area contributed by atoms with E-state index in [9.17, 15) is 13.2 Å². The van der Waals surface area contributed by atoms with Crippen molar-refractivity contribution in [3.8, 4) is 0 Å². The monoisotopic (exact) mass is 368 g/mol. The summed E-state index contributed by atoms with van der Waals surface area (Å²) in [6.45, 7) is 2.55. The molecule has 0 unspecified atom stereocenters. The highest BCUT2D eigenvalue weighted by Crippen LogP contribution is 2.30. The molecule has 1 aromatic carbocycles. The number of para-hydroxylation sites is 2. The second-order valence-electron chi connectivity index (χ2n) is 5.18. The number of ether oxygens (including phenoxy) is 1. The van der Waals surface area contributed by atoms with Gasteiger partial charge in [0.15, 0.2) is 0 Å². The van der Waals surface area contributed by atoms with Gasteiger partial charge in [-0.05, 0) is 18.2 Å². The highest BCUT2D eigenvalue weighted by atomic mass is 32.2. The van der Waals surface area contributed by atoms with Crippen molar-refractivity contribution in [3.05, 3.63) is 41.3 Å². The fourth-order valence-corrected chi connectivity index (χ4v) is 4.63. The molecule has 1 aliphatic rings. The van der Waals surface area contributed by atoms with Crippen LogP contribution in [0.4, 0.5) is 11.4 Å². The maximum absolute atomic E-state index is 12.5. The van der Waals surface area contributed by atoms with Gasteiger partial charge in [-0.25, -0.2) is 13.2 Å². The van der Waals surface area contributed by atoms with Gasteiger partial charge in [-0.1, -0.05) is 12.1 Å². The van der Waals surface area contributed by atoms with Crippen molar-refractivity contribution in [2.75, 3.05) is 35.9 Å². The molecule has 0 amide bonds. The summed E-state index contributed by atoms with van der Waals surface area (Å²) in [7, 11) is -3.84. The fraction of sp³-hybridized carbons (Fsp3) is 0.267. The largest absolute Gasteiger partial charge is 0.478 e. The molecular formula is C15H16N2O5S2. The Bertz CT molecular complexity index is 841. The van der Waals surface area contributed by atoms with Crippen molar-refractivity contribution < 1.29 is 23.1 Å². The van der Waals surface area contributed by atoms with E-state index in [2.05, 4.69) is 9.62 Å². The molecule has 3 rings (SSSR count). The van der Waals surface area contributed by atoms with Crippen LogP contribution in [0.3, 0.4) is 0 Å². The number of carbonyl (C=O) groups is 1. The minimum absolute atomic E-state index is 0.0309. The number of benzene rings is 1. The molecule has 128 valence electrons. The number of anilines is 2. The molecule has 0 aliphatic carbocycles. The second-order valence-corrected chi connectivity index (χ2v) is 8.00. The average molecular weight is 368 g/mol. The Morgan fingerprint density at radius 1 is 1.25 bits per heavy atom. The first-order valence-corrected chi connectivity index (χ1v) is 9.60. The maximum atomic E-state index is 12.5. The van der Waals surface area contributed by atoms with E-state index >= 15 is 0 Å². The molecule has 24 heavy (non-hydrogen) atoms. The number of hydrogen-bond acceptors (Lipinski definition) is 6. The molecule has 0 atom stereocenters. The van der Waals surface area contributed by atoms with Crippen molar-refractivity contribution in [3.63, 3.8) is 0 Å². The first-order chi connectivity index (χ1) is 11.5. The smallest absolute Gasteiger partial charge is 0.336 e. The van der Waals surface area contributed by atoms with Crippen molar-refractivity contribution in [2.45, 2.75) is 4.21 Å². The van der Waals surface area contributed by atoms with E-state index in [0.29, 0.717) is 32.0 Å². The van der Waals surface area contributed by atoms with Crippen molar-refractivity contribution in [2.24, 2.45) is 0 Å². The molecule has 0 radical (unpaired) electrons. The quantitative estimate of drug-likeness (QED) is 0.839. The lowest BCUT2D eigenvalue weighted by atomic mass is 10.2. The molecule has 2 heterocycles. The third-order valence-electron chi connectivity index (χ3n) is 3.59. The molecule has 0 spiro atoms. The number of nitrogens with zero attached hydrogens (tertiary/aromatic N) is 1. The van der Waals surface area contributed by atoms with Gasteiger partial charge in [0.05, 0.1) is 30.2 Å². The lowest BCUT2D eigenvalue weighted by Gasteiger charge is -2.30. The van der Waals surface area contributed by atoms with Crippen LogP contribution < -0.4 is 9.62 Å². The van der Waals surface area contributed by atoms with Gasteiger partial charge in [-0.2, -0.15) is 0 Å². The van der Waals surface area contributed by atoms with Crippen LogP contribution in [0.15, 0.2) is 39.9 Å². The predicted molar refractivity (Wildman–Crippen MR) is 91.6 cm³/mol. The summed E-state index contributed by atoms with van der Waals surface area (Å²) in [5.41, 5.74) is 1.20. The van der Waals surface area contributed by atoms with Crippen LogP contribution in [-0.4, -0.2) is 45.8 Å². The van der Waals surface area contributed by atoms with Crippen LogP contribution in [0.25, 0.3) is 0 Å². The van der Waals surface area contributed by atoms with Gasteiger partial charge in [-0.15, -0.1) is 11.3 Å². The summed E-state index contributed by atoms with van der Waals surface area (Å²) in [4.78, 5) is 13.0. The molecule has 1 aromatic heterocycles. The number of morpholine rings is 1. The Morgan fingerprint density at radius 2 is 1.96 bits per heavy atom. The van der Waals surface area contributed by atoms with Crippen LogP contribution in [0, 0.1) is 0 Å². The first kappa shape index (κ1) is 16.7. The Hall–Kier alpha value is -2.10.